The van der Waals surface area contributed by atoms with Crippen LogP contribution in [0, 0.1) is 19.8 Å². The molecule has 1 atom stereocenters. The van der Waals surface area contributed by atoms with Crippen molar-refractivity contribution in [2.75, 3.05) is 5.32 Å². The summed E-state index contributed by atoms with van der Waals surface area (Å²) >= 11 is 0. The molecule has 1 N–H and O–H groups in total. The highest BCUT2D eigenvalue weighted by Crippen LogP contribution is 2.21. The molecule has 0 saturated carbocycles. The first-order valence-electron chi connectivity index (χ1n) is 6.20. The summed E-state index contributed by atoms with van der Waals surface area (Å²) < 4.78 is 0. The molecule has 0 aliphatic heterocycles. The molecule has 1 amide bonds. The fourth-order valence-corrected chi connectivity index (χ4v) is 2.10. The highest BCUT2D eigenvalue weighted by atomic mass is 16.1. The summed E-state index contributed by atoms with van der Waals surface area (Å²) in [5, 5.41) is 3.01. The molecule has 0 heterocycles. The van der Waals surface area contributed by atoms with Crippen molar-refractivity contribution in [1.29, 1.82) is 0 Å². The lowest BCUT2D eigenvalue weighted by molar-refractivity contribution is -0.120. The zero-order valence-electron chi connectivity index (χ0n) is 10.5. The minimum absolute atomic E-state index is 0.140. The van der Waals surface area contributed by atoms with Gasteiger partial charge in [0.25, 0.3) is 0 Å². The topological polar surface area (TPSA) is 29.1 Å². The molecule has 0 bridgehead atoms. The van der Waals surface area contributed by atoms with E-state index in [0.29, 0.717) is 0 Å². The largest absolute Gasteiger partial charge is 0.326 e. The Morgan fingerprint density at radius 2 is 2.06 bits per heavy atom. The fraction of sp³-hybridized carbons (Fsp3) is 0.400. The van der Waals surface area contributed by atoms with Crippen molar-refractivity contribution in [3.8, 4) is 0 Å². The number of allylic oxidation sites excluding steroid dienone is 2. The first-order chi connectivity index (χ1) is 8.16. The normalized spacial score (nSPS) is 19.1. The van der Waals surface area contributed by atoms with Gasteiger partial charge < -0.3 is 5.32 Å². The SMILES string of the molecule is Cc1ccc(NC(=O)[C@H]2CC=CCC2)cc1C. The van der Waals surface area contributed by atoms with Crippen LogP contribution in [0.25, 0.3) is 0 Å². The maximum Gasteiger partial charge on any atom is 0.227 e. The summed E-state index contributed by atoms with van der Waals surface area (Å²) in [6.45, 7) is 4.14. The van der Waals surface area contributed by atoms with Gasteiger partial charge in [0.2, 0.25) is 5.91 Å². The zero-order chi connectivity index (χ0) is 12.3. The first kappa shape index (κ1) is 11.9. The second kappa shape index (κ2) is 5.17. The van der Waals surface area contributed by atoms with E-state index in [4.69, 9.17) is 0 Å². The number of benzene rings is 1. The van der Waals surface area contributed by atoms with Crippen LogP contribution in [-0.2, 0) is 4.79 Å². The number of anilines is 1. The zero-order valence-corrected chi connectivity index (χ0v) is 10.5. The van der Waals surface area contributed by atoms with Gasteiger partial charge in [-0.05, 0) is 56.4 Å². The predicted octanol–water partition coefficient (Wildman–Crippen LogP) is 3.60. The van der Waals surface area contributed by atoms with Crippen LogP contribution in [-0.4, -0.2) is 5.91 Å². The summed E-state index contributed by atoms with van der Waals surface area (Å²) in [5.41, 5.74) is 3.38. The lowest BCUT2D eigenvalue weighted by atomic mass is 9.93. The van der Waals surface area contributed by atoms with Crippen molar-refractivity contribution in [2.24, 2.45) is 5.92 Å². The monoisotopic (exact) mass is 229 g/mol. The maximum atomic E-state index is 12.0. The molecule has 0 aromatic heterocycles. The highest BCUT2D eigenvalue weighted by Gasteiger charge is 2.18. The van der Waals surface area contributed by atoms with Gasteiger partial charge in [-0.15, -0.1) is 0 Å². The molecule has 0 unspecified atom stereocenters. The van der Waals surface area contributed by atoms with E-state index in [0.717, 1.165) is 24.9 Å². The molecule has 1 aliphatic rings. The van der Waals surface area contributed by atoms with Crippen molar-refractivity contribution < 1.29 is 4.79 Å². The second-order valence-corrected chi connectivity index (χ2v) is 4.77. The molecule has 2 nitrogen and oxygen atoms in total. The maximum absolute atomic E-state index is 12.0. The van der Waals surface area contributed by atoms with E-state index in [1.807, 2.05) is 18.2 Å². The van der Waals surface area contributed by atoms with Gasteiger partial charge in [0, 0.05) is 11.6 Å². The number of rotatable bonds is 2. The van der Waals surface area contributed by atoms with Gasteiger partial charge in [0.1, 0.15) is 0 Å². The molecule has 1 aromatic carbocycles. The third-order valence-electron chi connectivity index (χ3n) is 3.41. The summed E-state index contributed by atoms with van der Waals surface area (Å²) in [6, 6.07) is 6.05. The Bertz CT molecular complexity index is 448. The summed E-state index contributed by atoms with van der Waals surface area (Å²) in [5.74, 6) is 0.291. The number of hydrogen-bond donors (Lipinski definition) is 1. The lowest BCUT2D eigenvalue weighted by Gasteiger charge is -2.17. The van der Waals surface area contributed by atoms with Crippen molar-refractivity contribution in [3.05, 3.63) is 41.5 Å². The minimum atomic E-state index is 0.140. The Balaban J connectivity index is 2.02. The average Bonchev–Trinajstić information content (AvgIpc) is 2.35. The van der Waals surface area contributed by atoms with Crippen LogP contribution < -0.4 is 5.32 Å². The van der Waals surface area contributed by atoms with E-state index in [-0.39, 0.29) is 11.8 Å². The standard InChI is InChI=1S/C15H19NO/c1-11-8-9-14(10-12(11)2)16-15(17)13-6-4-3-5-7-13/h3-4,8-10,13H,5-7H2,1-2H3,(H,16,17)/t13-/m0/s1. The molecule has 1 aliphatic carbocycles. The van der Waals surface area contributed by atoms with Gasteiger partial charge in [-0.1, -0.05) is 18.2 Å². The molecule has 0 radical (unpaired) electrons. The van der Waals surface area contributed by atoms with Crippen LogP contribution in [0.15, 0.2) is 30.4 Å². The smallest absolute Gasteiger partial charge is 0.227 e. The number of nitrogens with one attached hydrogen (secondary N) is 1. The first-order valence-corrected chi connectivity index (χ1v) is 6.20. The van der Waals surface area contributed by atoms with Crippen LogP contribution in [0.4, 0.5) is 5.69 Å². The summed E-state index contributed by atoms with van der Waals surface area (Å²) in [4.78, 5) is 12.0. The Morgan fingerprint density at radius 3 is 2.71 bits per heavy atom. The average molecular weight is 229 g/mol. The predicted molar refractivity (Wildman–Crippen MR) is 71.0 cm³/mol. The molecule has 0 fully saturated rings. The van der Waals surface area contributed by atoms with Crippen molar-refractivity contribution >= 4 is 11.6 Å². The molecule has 2 heteroatoms. The van der Waals surface area contributed by atoms with E-state index < -0.39 is 0 Å². The van der Waals surface area contributed by atoms with Crippen LogP contribution in [0.1, 0.15) is 30.4 Å². The van der Waals surface area contributed by atoms with E-state index in [1.165, 1.54) is 11.1 Å². The van der Waals surface area contributed by atoms with Gasteiger partial charge >= 0.3 is 0 Å². The molecule has 0 saturated heterocycles. The second-order valence-electron chi connectivity index (χ2n) is 4.77. The van der Waals surface area contributed by atoms with Crippen LogP contribution >= 0.6 is 0 Å². The summed E-state index contributed by atoms with van der Waals surface area (Å²) in [7, 11) is 0. The Kier molecular flexibility index (Phi) is 3.62. The van der Waals surface area contributed by atoms with Crippen molar-refractivity contribution in [3.63, 3.8) is 0 Å². The number of hydrogen-bond acceptors (Lipinski definition) is 1. The number of amides is 1. The molecule has 90 valence electrons. The van der Waals surface area contributed by atoms with E-state index in [1.54, 1.807) is 0 Å². The van der Waals surface area contributed by atoms with Crippen molar-refractivity contribution in [1.82, 2.24) is 0 Å². The lowest BCUT2D eigenvalue weighted by Crippen LogP contribution is -2.23. The molecule has 0 spiro atoms. The third-order valence-corrected chi connectivity index (χ3v) is 3.41. The van der Waals surface area contributed by atoms with Gasteiger partial charge in [0.05, 0.1) is 0 Å². The Morgan fingerprint density at radius 1 is 1.24 bits per heavy atom. The van der Waals surface area contributed by atoms with Gasteiger partial charge in [-0.2, -0.15) is 0 Å². The summed E-state index contributed by atoms with van der Waals surface area (Å²) in [6.07, 6.45) is 7.11. The third kappa shape index (κ3) is 2.96. The molecule has 1 aromatic rings. The molecular formula is C15H19NO. The van der Waals surface area contributed by atoms with Crippen molar-refractivity contribution in [2.45, 2.75) is 33.1 Å². The van der Waals surface area contributed by atoms with Crippen LogP contribution in [0.5, 0.6) is 0 Å². The molecular weight excluding hydrogens is 210 g/mol. The Hall–Kier alpha value is -1.57. The fourth-order valence-electron chi connectivity index (χ4n) is 2.10. The quantitative estimate of drug-likeness (QED) is 0.771. The molecule has 2 rings (SSSR count). The molecule has 17 heavy (non-hydrogen) atoms. The van der Waals surface area contributed by atoms with Crippen LogP contribution in [0.2, 0.25) is 0 Å². The van der Waals surface area contributed by atoms with Crippen LogP contribution in [0.3, 0.4) is 0 Å². The van der Waals surface area contributed by atoms with Gasteiger partial charge in [-0.3, -0.25) is 4.79 Å². The van der Waals surface area contributed by atoms with Gasteiger partial charge in [-0.25, -0.2) is 0 Å². The Labute approximate surface area is 103 Å². The number of aryl methyl sites for hydroxylation is 2. The number of carbonyl (C=O) groups is 1. The van der Waals surface area contributed by atoms with E-state index in [9.17, 15) is 4.79 Å². The van der Waals surface area contributed by atoms with E-state index >= 15 is 0 Å². The minimum Gasteiger partial charge on any atom is -0.326 e. The van der Waals surface area contributed by atoms with E-state index in [2.05, 4.69) is 31.3 Å². The highest BCUT2D eigenvalue weighted by molar-refractivity contribution is 5.92. The number of carbonyl (C=O) groups excluding carboxylic acids is 1. The van der Waals surface area contributed by atoms with Gasteiger partial charge in [0.15, 0.2) is 0 Å².